The Kier molecular flexibility index (Phi) is 4.08. The van der Waals surface area contributed by atoms with Gasteiger partial charge < -0.3 is 9.88 Å². The van der Waals surface area contributed by atoms with E-state index in [9.17, 15) is 4.79 Å². The number of likely N-dealkylation sites (tertiary alicyclic amines) is 1. The van der Waals surface area contributed by atoms with Crippen LogP contribution in [0.15, 0.2) is 30.5 Å². The van der Waals surface area contributed by atoms with Crippen molar-refractivity contribution in [3.63, 3.8) is 0 Å². The number of para-hydroxylation sites is 1. The molecule has 1 aliphatic heterocycles. The first-order valence-corrected chi connectivity index (χ1v) is 7.63. The molecule has 112 valence electrons. The third-order valence-electron chi connectivity index (χ3n) is 4.51. The molecule has 1 saturated heterocycles. The van der Waals surface area contributed by atoms with Crippen LogP contribution >= 0.6 is 0 Å². The molecule has 21 heavy (non-hydrogen) atoms. The summed E-state index contributed by atoms with van der Waals surface area (Å²) in [7, 11) is 4.22. The minimum Gasteiger partial charge on any atom is -0.360 e. The number of aromatic amines is 1. The third-order valence-corrected chi connectivity index (χ3v) is 4.51. The minimum absolute atomic E-state index is 0.197. The van der Waals surface area contributed by atoms with Crippen molar-refractivity contribution in [2.75, 3.05) is 33.7 Å². The van der Waals surface area contributed by atoms with Gasteiger partial charge in [-0.15, -0.1) is 0 Å². The highest BCUT2D eigenvalue weighted by Crippen LogP contribution is 2.19. The van der Waals surface area contributed by atoms with E-state index in [1.54, 1.807) is 0 Å². The van der Waals surface area contributed by atoms with Crippen LogP contribution in [0, 0.1) is 0 Å². The maximum absolute atomic E-state index is 12.6. The highest BCUT2D eigenvalue weighted by Gasteiger charge is 2.23. The predicted octanol–water partition coefficient (Wildman–Crippen LogP) is 2.38. The Balaban J connectivity index is 1.71. The highest BCUT2D eigenvalue weighted by molar-refractivity contribution is 6.08. The Hall–Kier alpha value is -1.65. The van der Waals surface area contributed by atoms with Crippen LogP contribution in [0.3, 0.4) is 0 Å². The van der Waals surface area contributed by atoms with E-state index in [2.05, 4.69) is 28.9 Å². The Morgan fingerprint density at radius 1 is 1.43 bits per heavy atom. The van der Waals surface area contributed by atoms with Gasteiger partial charge in [0.05, 0.1) is 6.54 Å². The van der Waals surface area contributed by atoms with Crippen LogP contribution in [-0.2, 0) is 0 Å². The summed E-state index contributed by atoms with van der Waals surface area (Å²) >= 11 is 0. The van der Waals surface area contributed by atoms with Gasteiger partial charge in [-0.3, -0.25) is 9.69 Å². The number of aromatic nitrogens is 1. The van der Waals surface area contributed by atoms with Crippen molar-refractivity contribution in [1.82, 2.24) is 14.8 Å². The lowest BCUT2D eigenvalue weighted by Gasteiger charge is -2.35. The van der Waals surface area contributed by atoms with Crippen molar-refractivity contribution < 1.29 is 4.79 Å². The molecule has 0 spiro atoms. The molecular weight excluding hydrogens is 262 g/mol. The third kappa shape index (κ3) is 3.01. The molecule has 2 aromatic rings. The average molecular weight is 285 g/mol. The van der Waals surface area contributed by atoms with Crippen LogP contribution in [0.2, 0.25) is 0 Å². The van der Waals surface area contributed by atoms with Crippen LogP contribution in [0.4, 0.5) is 0 Å². The topological polar surface area (TPSA) is 39.3 Å². The number of benzene rings is 1. The fraction of sp³-hybridized carbons (Fsp3) is 0.471. The van der Waals surface area contributed by atoms with E-state index >= 15 is 0 Å². The predicted molar refractivity (Wildman–Crippen MR) is 85.8 cm³/mol. The molecule has 0 saturated carbocycles. The number of hydrogen-bond acceptors (Lipinski definition) is 3. The first kappa shape index (κ1) is 14.3. The van der Waals surface area contributed by atoms with Gasteiger partial charge >= 0.3 is 0 Å². The van der Waals surface area contributed by atoms with E-state index in [1.165, 1.54) is 19.4 Å². The zero-order valence-electron chi connectivity index (χ0n) is 12.8. The molecule has 4 nitrogen and oxygen atoms in total. The van der Waals surface area contributed by atoms with Crippen LogP contribution in [-0.4, -0.2) is 60.3 Å². The molecule has 3 rings (SSSR count). The number of Topliss-reactive ketones (excluding diaryl/α,β-unsaturated/α-hetero) is 1. The molecule has 0 bridgehead atoms. The number of fused-ring (bicyclic) bond motifs is 1. The number of rotatable bonds is 4. The lowest BCUT2D eigenvalue weighted by atomic mass is 10.0. The number of carbonyl (C=O) groups is 1. The van der Waals surface area contributed by atoms with Gasteiger partial charge in [-0.05, 0) is 39.5 Å². The Morgan fingerprint density at radius 2 is 2.24 bits per heavy atom. The van der Waals surface area contributed by atoms with Crippen molar-refractivity contribution in [2.24, 2.45) is 0 Å². The normalized spacial score (nSPS) is 20.2. The van der Waals surface area contributed by atoms with Gasteiger partial charge in [-0.1, -0.05) is 18.2 Å². The van der Waals surface area contributed by atoms with Gasteiger partial charge in [-0.2, -0.15) is 0 Å². The average Bonchev–Trinajstić information content (AvgIpc) is 2.91. The summed E-state index contributed by atoms with van der Waals surface area (Å²) in [5.41, 5.74) is 1.84. The molecule has 1 N–H and O–H groups in total. The lowest BCUT2D eigenvalue weighted by molar-refractivity contribution is 0.0859. The number of carbonyl (C=O) groups excluding carboxylic acids is 1. The van der Waals surface area contributed by atoms with Crippen molar-refractivity contribution in [1.29, 1.82) is 0 Å². The van der Waals surface area contributed by atoms with Gasteiger partial charge in [0, 0.05) is 35.2 Å². The standard InChI is InChI=1S/C17H23N3O/c1-19-9-5-6-13(11-19)20(2)12-17(21)15-10-18-16-8-4-3-7-14(15)16/h3-4,7-8,10,13,18H,5-6,9,11-12H2,1-2H3. The molecule has 2 heterocycles. The number of ketones is 1. The summed E-state index contributed by atoms with van der Waals surface area (Å²) < 4.78 is 0. The fourth-order valence-corrected chi connectivity index (χ4v) is 3.24. The maximum Gasteiger partial charge on any atom is 0.178 e. The van der Waals surface area contributed by atoms with E-state index in [-0.39, 0.29) is 5.78 Å². The van der Waals surface area contributed by atoms with E-state index < -0.39 is 0 Å². The molecule has 1 fully saturated rings. The van der Waals surface area contributed by atoms with E-state index in [1.807, 2.05) is 30.5 Å². The molecule has 0 radical (unpaired) electrons. The summed E-state index contributed by atoms with van der Waals surface area (Å²) in [6.45, 7) is 2.71. The zero-order chi connectivity index (χ0) is 14.8. The van der Waals surface area contributed by atoms with Crippen LogP contribution < -0.4 is 0 Å². The number of H-pyrrole nitrogens is 1. The molecule has 1 aromatic carbocycles. The Labute approximate surface area is 125 Å². The molecule has 1 aliphatic rings. The maximum atomic E-state index is 12.6. The molecule has 0 aliphatic carbocycles. The van der Waals surface area contributed by atoms with Gasteiger partial charge in [0.25, 0.3) is 0 Å². The van der Waals surface area contributed by atoms with Crippen molar-refractivity contribution in [3.05, 3.63) is 36.0 Å². The number of nitrogens with zero attached hydrogens (tertiary/aromatic N) is 2. The highest BCUT2D eigenvalue weighted by atomic mass is 16.1. The first-order valence-electron chi connectivity index (χ1n) is 7.63. The summed E-state index contributed by atoms with van der Waals surface area (Å²) in [6.07, 6.45) is 4.24. The largest absolute Gasteiger partial charge is 0.360 e. The van der Waals surface area contributed by atoms with E-state index in [4.69, 9.17) is 0 Å². The summed E-state index contributed by atoms with van der Waals surface area (Å²) in [5.74, 6) is 0.197. The first-order chi connectivity index (χ1) is 10.1. The Morgan fingerprint density at radius 3 is 3.05 bits per heavy atom. The lowest BCUT2D eigenvalue weighted by Crippen LogP contribution is -2.46. The minimum atomic E-state index is 0.197. The summed E-state index contributed by atoms with van der Waals surface area (Å²) in [5, 5.41) is 1.02. The second-order valence-corrected chi connectivity index (χ2v) is 6.14. The van der Waals surface area contributed by atoms with Crippen molar-refractivity contribution in [2.45, 2.75) is 18.9 Å². The van der Waals surface area contributed by atoms with Crippen LogP contribution in [0.1, 0.15) is 23.2 Å². The number of likely N-dealkylation sites (N-methyl/N-ethyl adjacent to an activating group) is 2. The quantitative estimate of drug-likeness (QED) is 0.877. The van der Waals surface area contributed by atoms with Gasteiger partial charge in [-0.25, -0.2) is 0 Å². The van der Waals surface area contributed by atoms with Crippen LogP contribution in [0.25, 0.3) is 10.9 Å². The Bertz CT molecular complexity index is 634. The molecule has 0 amide bonds. The molecular formula is C17H23N3O. The van der Waals surface area contributed by atoms with E-state index in [0.29, 0.717) is 12.6 Å². The number of piperidine rings is 1. The monoisotopic (exact) mass is 285 g/mol. The number of nitrogens with one attached hydrogen (secondary N) is 1. The number of hydrogen-bond donors (Lipinski definition) is 1. The molecule has 1 unspecified atom stereocenters. The SMILES string of the molecule is CN1CCCC(N(C)CC(=O)c2c[nH]c3ccccc23)C1. The summed E-state index contributed by atoms with van der Waals surface area (Å²) in [4.78, 5) is 20.3. The smallest absolute Gasteiger partial charge is 0.178 e. The molecule has 4 heteroatoms. The van der Waals surface area contributed by atoms with Gasteiger partial charge in [0.15, 0.2) is 5.78 Å². The fourth-order valence-electron chi connectivity index (χ4n) is 3.24. The summed E-state index contributed by atoms with van der Waals surface area (Å²) in [6, 6.07) is 8.46. The van der Waals surface area contributed by atoms with E-state index in [0.717, 1.165) is 23.0 Å². The van der Waals surface area contributed by atoms with Gasteiger partial charge in [0.2, 0.25) is 0 Å². The molecule has 1 aromatic heterocycles. The van der Waals surface area contributed by atoms with Crippen LogP contribution in [0.5, 0.6) is 0 Å². The van der Waals surface area contributed by atoms with Crippen molar-refractivity contribution >= 4 is 16.7 Å². The van der Waals surface area contributed by atoms with Gasteiger partial charge in [0.1, 0.15) is 0 Å². The van der Waals surface area contributed by atoms with Crippen molar-refractivity contribution in [3.8, 4) is 0 Å². The molecule has 1 atom stereocenters. The zero-order valence-corrected chi connectivity index (χ0v) is 12.8. The second-order valence-electron chi connectivity index (χ2n) is 6.14. The second kappa shape index (κ2) is 6.00.